The molecule has 3 nitrogen and oxygen atoms in total. The summed E-state index contributed by atoms with van der Waals surface area (Å²) < 4.78 is 0.962. The minimum atomic E-state index is 0.720. The average molecular weight is 315 g/mol. The van der Waals surface area contributed by atoms with Crippen molar-refractivity contribution in [1.29, 1.82) is 0 Å². The van der Waals surface area contributed by atoms with Gasteiger partial charge in [0.2, 0.25) is 0 Å². The summed E-state index contributed by atoms with van der Waals surface area (Å²) in [6.45, 7) is 4.76. The van der Waals surface area contributed by atoms with E-state index in [1.807, 2.05) is 32.0 Å². The fourth-order valence-corrected chi connectivity index (χ4v) is 2.47. The molecule has 0 saturated carbocycles. The Balaban J connectivity index is 2.13. The maximum absolute atomic E-state index is 5.89. The standard InChI is InChI=1S/C12H13BrClN3/c1-7-10(8(2)17-16-7)6-15-12-4-3-9(14)5-11(12)13/h3-5,15H,6H2,1-2H3,(H,16,17). The van der Waals surface area contributed by atoms with Crippen molar-refractivity contribution in [1.82, 2.24) is 10.2 Å². The van der Waals surface area contributed by atoms with E-state index in [2.05, 4.69) is 31.4 Å². The number of aryl methyl sites for hydroxylation is 2. The number of rotatable bonds is 3. The minimum absolute atomic E-state index is 0.720. The third-order valence-corrected chi connectivity index (χ3v) is 3.56. The Bertz CT molecular complexity index is 517. The van der Waals surface area contributed by atoms with Crippen molar-refractivity contribution in [2.24, 2.45) is 0 Å². The van der Waals surface area contributed by atoms with Gasteiger partial charge in [0.05, 0.1) is 5.69 Å². The molecule has 2 aromatic rings. The number of benzene rings is 1. The van der Waals surface area contributed by atoms with Gasteiger partial charge in [-0.05, 0) is 48.0 Å². The molecule has 0 unspecified atom stereocenters. The number of hydrogen-bond donors (Lipinski definition) is 2. The number of aromatic nitrogens is 2. The molecule has 0 fully saturated rings. The van der Waals surface area contributed by atoms with Crippen molar-refractivity contribution in [3.05, 3.63) is 44.6 Å². The van der Waals surface area contributed by atoms with Crippen molar-refractivity contribution in [2.45, 2.75) is 20.4 Å². The van der Waals surface area contributed by atoms with Gasteiger partial charge in [-0.3, -0.25) is 5.10 Å². The van der Waals surface area contributed by atoms with E-state index < -0.39 is 0 Å². The monoisotopic (exact) mass is 313 g/mol. The molecule has 1 heterocycles. The molecular formula is C12H13BrClN3. The van der Waals surface area contributed by atoms with Gasteiger partial charge in [-0.1, -0.05) is 11.6 Å². The van der Waals surface area contributed by atoms with E-state index in [1.165, 1.54) is 5.56 Å². The second kappa shape index (κ2) is 5.10. The number of nitrogens with one attached hydrogen (secondary N) is 2. The molecule has 0 atom stereocenters. The van der Waals surface area contributed by atoms with Crippen LogP contribution in [0.4, 0.5) is 5.69 Å². The molecular weight excluding hydrogens is 302 g/mol. The maximum Gasteiger partial charge on any atom is 0.0643 e. The van der Waals surface area contributed by atoms with Crippen molar-refractivity contribution in [3.63, 3.8) is 0 Å². The molecule has 0 amide bonds. The molecule has 0 saturated heterocycles. The lowest BCUT2D eigenvalue weighted by Crippen LogP contribution is -2.02. The summed E-state index contributed by atoms with van der Waals surface area (Å²) in [5.41, 5.74) is 4.35. The Morgan fingerprint density at radius 1 is 1.41 bits per heavy atom. The van der Waals surface area contributed by atoms with Gasteiger partial charge in [-0.2, -0.15) is 5.10 Å². The van der Waals surface area contributed by atoms with E-state index in [0.717, 1.165) is 33.1 Å². The summed E-state index contributed by atoms with van der Waals surface area (Å²) in [5.74, 6) is 0. The second-order valence-corrected chi connectivity index (χ2v) is 5.18. The number of halogens is 2. The Morgan fingerprint density at radius 3 is 2.76 bits per heavy atom. The number of anilines is 1. The Hall–Kier alpha value is -1.000. The molecule has 2 rings (SSSR count). The van der Waals surface area contributed by atoms with Gasteiger partial charge in [-0.25, -0.2) is 0 Å². The van der Waals surface area contributed by atoms with Crippen LogP contribution in [-0.2, 0) is 6.54 Å². The third kappa shape index (κ3) is 2.82. The molecule has 0 bridgehead atoms. The number of aromatic amines is 1. The number of hydrogen-bond acceptors (Lipinski definition) is 2. The largest absolute Gasteiger partial charge is 0.380 e. The van der Waals surface area contributed by atoms with Crippen LogP contribution in [-0.4, -0.2) is 10.2 Å². The smallest absolute Gasteiger partial charge is 0.0643 e. The topological polar surface area (TPSA) is 40.7 Å². The lowest BCUT2D eigenvalue weighted by atomic mass is 10.2. The lowest BCUT2D eigenvalue weighted by molar-refractivity contribution is 1.02. The van der Waals surface area contributed by atoms with Gasteiger partial charge in [0.25, 0.3) is 0 Å². The Labute approximate surface area is 114 Å². The summed E-state index contributed by atoms with van der Waals surface area (Å²) >= 11 is 9.37. The van der Waals surface area contributed by atoms with Crippen LogP contribution in [0, 0.1) is 13.8 Å². The fraction of sp³-hybridized carbons (Fsp3) is 0.250. The van der Waals surface area contributed by atoms with Gasteiger partial charge in [0, 0.05) is 33.0 Å². The van der Waals surface area contributed by atoms with Crippen molar-refractivity contribution in [3.8, 4) is 0 Å². The van der Waals surface area contributed by atoms with E-state index in [1.54, 1.807) is 0 Å². The maximum atomic E-state index is 5.89. The SMILES string of the molecule is Cc1n[nH]c(C)c1CNc1ccc(Cl)cc1Br. The average Bonchev–Trinajstić information content (AvgIpc) is 2.58. The lowest BCUT2D eigenvalue weighted by Gasteiger charge is -2.09. The summed E-state index contributed by atoms with van der Waals surface area (Å²) in [7, 11) is 0. The van der Waals surface area contributed by atoms with E-state index in [4.69, 9.17) is 11.6 Å². The van der Waals surface area contributed by atoms with Crippen LogP contribution in [0.5, 0.6) is 0 Å². The first-order valence-corrected chi connectivity index (χ1v) is 6.44. The predicted molar refractivity (Wildman–Crippen MR) is 74.5 cm³/mol. The van der Waals surface area contributed by atoms with Gasteiger partial charge in [0.1, 0.15) is 0 Å². The van der Waals surface area contributed by atoms with Gasteiger partial charge >= 0.3 is 0 Å². The van der Waals surface area contributed by atoms with E-state index in [9.17, 15) is 0 Å². The van der Waals surface area contributed by atoms with Crippen LogP contribution >= 0.6 is 27.5 Å². The third-order valence-electron chi connectivity index (χ3n) is 2.67. The first-order chi connectivity index (χ1) is 8.08. The Kier molecular flexibility index (Phi) is 3.74. The van der Waals surface area contributed by atoms with Crippen LogP contribution in [0.2, 0.25) is 5.02 Å². The first kappa shape index (κ1) is 12.5. The van der Waals surface area contributed by atoms with Crippen molar-refractivity contribution in [2.75, 3.05) is 5.32 Å². The summed E-state index contributed by atoms with van der Waals surface area (Å²) in [6, 6.07) is 5.69. The Morgan fingerprint density at radius 2 is 2.18 bits per heavy atom. The molecule has 17 heavy (non-hydrogen) atoms. The zero-order chi connectivity index (χ0) is 12.4. The summed E-state index contributed by atoms with van der Waals surface area (Å²) in [5, 5.41) is 11.2. The normalized spacial score (nSPS) is 10.6. The van der Waals surface area contributed by atoms with E-state index in [0.29, 0.717) is 0 Å². The van der Waals surface area contributed by atoms with E-state index in [-0.39, 0.29) is 0 Å². The van der Waals surface area contributed by atoms with Gasteiger partial charge < -0.3 is 5.32 Å². The highest BCUT2D eigenvalue weighted by Gasteiger charge is 2.07. The highest BCUT2D eigenvalue weighted by molar-refractivity contribution is 9.10. The van der Waals surface area contributed by atoms with Crippen molar-refractivity contribution >= 4 is 33.2 Å². The number of nitrogens with zero attached hydrogens (tertiary/aromatic N) is 1. The molecule has 0 radical (unpaired) electrons. The molecule has 0 aliphatic heterocycles. The summed E-state index contributed by atoms with van der Waals surface area (Å²) in [6.07, 6.45) is 0. The zero-order valence-electron chi connectivity index (χ0n) is 9.64. The second-order valence-electron chi connectivity index (χ2n) is 3.89. The molecule has 2 N–H and O–H groups in total. The van der Waals surface area contributed by atoms with E-state index >= 15 is 0 Å². The van der Waals surface area contributed by atoms with Crippen LogP contribution in [0.3, 0.4) is 0 Å². The van der Waals surface area contributed by atoms with Crippen molar-refractivity contribution < 1.29 is 0 Å². The van der Waals surface area contributed by atoms with Gasteiger partial charge in [0.15, 0.2) is 0 Å². The van der Waals surface area contributed by atoms with Gasteiger partial charge in [-0.15, -0.1) is 0 Å². The van der Waals surface area contributed by atoms with Crippen LogP contribution in [0.25, 0.3) is 0 Å². The highest BCUT2D eigenvalue weighted by atomic mass is 79.9. The predicted octanol–water partition coefficient (Wildman–Crippen LogP) is 4.05. The molecule has 0 spiro atoms. The minimum Gasteiger partial charge on any atom is -0.380 e. The first-order valence-electron chi connectivity index (χ1n) is 5.27. The quantitative estimate of drug-likeness (QED) is 0.897. The number of H-pyrrole nitrogens is 1. The molecule has 1 aromatic heterocycles. The molecule has 0 aliphatic rings. The molecule has 1 aromatic carbocycles. The fourth-order valence-electron chi connectivity index (χ4n) is 1.65. The highest BCUT2D eigenvalue weighted by Crippen LogP contribution is 2.26. The van der Waals surface area contributed by atoms with Crippen LogP contribution in [0.15, 0.2) is 22.7 Å². The molecule has 90 valence electrons. The molecule has 5 heteroatoms. The van der Waals surface area contributed by atoms with Crippen LogP contribution in [0.1, 0.15) is 17.0 Å². The molecule has 0 aliphatic carbocycles. The van der Waals surface area contributed by atoms with Crippen LogP contribution < -0.4 is 5.32 Å². The summed E-state index contributed by atoms with van der Waals surface area (Å²) in [4.78, 5) is 0. The zero-order valence-corrected chi connectivity index (χ0v) is 12.0.